The number of hydrogen-bond acceptors (Lipinski definition) is 6. The number of pyridine rings is 2. The number of aromatic nitrogens is 3. The largest absolute Gasteiger partial charge is 0.351 e. The van der Waals surface area contributed by atoms with Gasteiger partial charge in [-0.25, -0.2) is 0 Å². The molecule has 144 valence electrons. The Hall–Kier alpha value is -3.06. The van der Waals surface area contributed by atoms with Gasteiger partial charge in [0.25, 0.3) is 5.91 Å². The van der Waals surface area contributed by atoms with E-state index in [1.807, 2.05) is 36.7 Å². The van der Waals surface area contributed by atoms with Crippen molar-refractivity contribution in [3.05, 3.63) is 77.7 Å². The van der Waals surface area contributed by atoms with Crippen molar-refractivity contribution in [2.45, 2.75) is 31.8 Å². The lowest BCUT2D eigenvalue weighted by Crippen LogP contribution is -2.34. The summed E-state index contributed by atoms with van der Waals surface area (Å²) in [6, 6.07) is 9.61. The van der Waals surface area contributed by atoms with Crippen LogP contribution in [0.15, 0.2) is 59.6 Å². The second kappa shape index (κ2) is 8.75. The lowest BCUT2D eigenvalue weighted by Gasteiger charge is -2.31. The minimum atomic E-state index is -0.250. The first-order valence-corrected chi connectivity index (χ1v) is 9.53. The first-order chi connectivity index (χ1) is 13.8. The summed E-state index contributed by atoms with van der Waals surface area (Å²) in [5.41, 5.74) is 3.10. The van der Waals surface area contributed by atoms with Gasteiger partial charge in [0, 0.05) is 56.4 Å². The topological polar surface area (TPSA) is 84.2 Å². The van der Waals surface area contributed by atoms with E-state index in [2.05, 4.69) is 25.3 Å². The Labute approximate surface area is 163 Å². The molecule has 0 radical (unpaired) electrons. The summed E-state index contributed by atoms with van der Waals surface area (Å²) in [6.45, 7) is 3.31. The molecule has 0 aliphatic carbocycles. The molecule has 7 heteroatoms. The van der Waals surface area contributed by atoms with Gasteiger partial charge in [0.05, 0.1) is 5.69 Å². The summed E-state index contributed by atoms with van der Waals surface area (Å²) in [5.74, 6) is 0.288. The SMILES string of the molecule is O=C(NCc1ccncc1)c1cc(C2CCCN(Cc3ccncc3)C2)no1. The molecule has 4 heterocycles. The molecule has 1 atom stereocenters. The van der Waals surface area contributed by atoms with Crippen LogP contribution in [0.2, 0.25) is 0 Å². The number of rotatable bonds is 6. The van der Waals surface area contributed by atoms with E-state index in [9.17, 15) is 4.79 Å². The Morgan fingerprint density at radius 3 is 2.57 bits per heavy atom. The lowest BCUT2D eigenvalue weighted by molar-refractivity contribution is 0.0913. The molecule has 1 amide bonds. The Morgan fingerprint density at radius 2 is 1.82 bits per heavy atom. The van der Waals surface area contributed by atoms with Crippen molar-refractivity contribution in [3.8, 4) is 0 Å². The van der Waals surface area contributed by atoms with Gasteiger partial charge in [-0.1, -0.05) is 5.16 Å². The van der Waals surface area contributed by atoms with Crippen LogP contribution in [0.3, 0.4) is 0 Å². The third kappa shape index (κ3) is 4.61. The number of carbonyl (C=O) groups excluding carboxylic acids is 1. The number of piperidine rings is 1. The first-order valence-electron chi connectivity index (χ1n) is 9.53. The molecule has 0 spiro atoms. The number of nitrogens with one attached hydrogen (secondary N) is 1. The van der Waals surface area contributed by atoms with Crippen LogP contribution < -0.4 is 5.32 Å². The van der Waals surface area contributed by atoms with Gasteiger partial charge in [-0.15, -0.1) is 0 Å². The summed E-state index contributed by atoms with van der Waals surface area (Å²) in [6.07, 6.45) is 9.21. The first kappa shape index (κ1) is 18.3. The average molecular weight is 377 g/mol. The van der Waals surface area contributed by atoms with Gasteiger partial charge in [0.2, 0.25) is 5.76 Å². The molecule has 4 rings (SSSR count). The molecule has 0 aromatic carbocycles. The van der Waals surface area contributed by atoms with E-state index in [0.717, 1.165) is 43.7 Å². The molecule has 3 aromatic rings. The molecule has 1 N–H and O–H groups in total. The molecule has 1 aliphatic heterocycles. The highest BCUT2D eigenvalue weighted by atomic mass is 16.5. The maximum atomic E-state index is 12.3. The highest BCUT2D eigenvalue weighted by Gasteiger charge is 2.25. The van der Waals surface area contributed by atoms with E-state index in [0.29, 0.717) is 6.54 Å². The van der Waals surface area contributed by atoms with Gasteiger partial charge in [-0.05, 0) is 54.8 Å². The second-order valence-electron chi connectivity index (χ2n) is 7.08. The van der Waals surface area contributed by atoms with Crippen LogP contribution in [0, 0.1) is 0 Å². The summed E-state index contributed by atoms with van der Waals surface area (Å²) >= 11 is 0. The van der Waals surface area contributed by atoms with Crippen LogP contribution in [-0.4, -0.2) is 39.0 Å². The maximum Gasteiger partial charge on any atom is 0.290 e. The molecule has 1 aliphatic rings. The molecule has 1 unspecified atom stereocenters. The summed E-state index contributed by atoms with van der Waals surface area (Å²) in [7, 11) is 0. The molecule has 0 bridgehead atoms. The van der Waals surface area contributed by atoms with Crippen molar-refractivity contribution in [2.24, 2.45) is 0 Å². The predicted octanol–water partition coefficient (Wildman–Crippen LogP) is 2.77. The minimum absolute atomic E-state index is 0.250. The predicted molar refractivity (Wildman–Crippen MR) is 103 cm³/mol. The second-order valence-corrected chi connectivity index (χ2v) is 7.08. The zero-order chi connectivity index (χ0) is 19.2. The van der Waals surface area contributed by atoms with Crippen LogP contribution in [-0.2, 0) is 13.1 Å². The van der Waals surface area contributed by atoms with E-state index in [1.54, 1.807) is 18.5 Å². The molecule has 1 saturated heterocycles. The molecule has 28 heavy (non-hydrogen) atoms. The Balaban J connectivity index is 1.34. The van der Waals surface area contributed by atoms with Crippen LogP contribution in [0.25, 0.3) is 0 Å². The highest BCUT2D eigenvalue weighted by Crippen LogP contribution is 2.27. The minimum Gasteiger partial charge on any atom is -0.351 e. The molecular weight excluding hydrogens is 354 g/mol. The van der Waals surface area contributed by atoms with Gasteiger partial charge in [-0.2, -0.15) is 0 Å². The number of nitrogens with zero attached hydrogens (tertiary/aromatic N) is 4. The van der Waals surface area contributed by atoms with Crippen LogP contribution in [0.5, 0.6) is 0 Å². The van der Waals surface area contributed by atoms with Gasteiger partial charge >= 0.3 is 0 Å². The van der Waals surface area contributed by atoms with Crippen LogP contribution >= 0.6 is 0 Å². The number of carbonyl (C=O) groups is 1. The van der Waals surface area contributed by atoms with E-state index in [4.69, 9.17) is 4.52 Å². The van der Waals surface area contributed by atoms with Gasteiger partial charge in [0.15, 0.2) is 0 Å². The van der Waals surface area contributed by atoms with Crippen molar-refractivity contribution in [1.82, 2.24) is 25.3 Å². The Bertz CT molecular complexity index is 897. The third-order valence-electron chi connectivity index (χ3n) is 5.03. The van der Waals surface area contributed by atoms with Crippen LogP contribution in [0.4, 0.5) is 0 Å². The molecule has 7 nitrogen and oxygen atoms in total. The normalized spacial score (nSPS) is 17.4. The van der Waals surface area contributed by atoms with Crippen molar-refractivity contribution >= 4 is 5.91 Å². The zero-order valence-corrected chi connectivity index (χ0v) is 15.6. The van der Waals surface area contributed by atoms with E-state index < -0.39 is 0 Å². The zero-order valence-electron chi connectivity index (χ0n) is 15.6. The Kier molecular flexibility index (Phi) is 5.72. The maximum absolute atomic E-state index is 12.3. The molecule has 0 saturated carbocycles. The average Bonchev–Trinajstić information content (AvgIpc) is 3.24. The van der Waals surface area contributed by atoms with E-state index >= 15 is 0 Å². The van der Waals surface area contributed by atoms with Gasteiger partial charge in [-0.3, -0.25) is 19.7 Å². The van der Waals surface area contributed by atoms with Crippen molar-refractivity contribution in [2.75, 3.05) is 13.1 Å². The summed E-state index contributed by atoms with van der Waals surface area (Å²) < 4.78 is 5.32. The fourth-order valence-electron chi connectivity index (χ4n) is 3.55. The molecule has 1 fully saturated rings. The smallest absolute Gasteiger partial charge is 0.290 e. The monoisotopic (exact) mass is 377 g/mol. The fraction of sp³-hybridized carbons (Fsp3) is 0.333. The van der Waals surface area contributed by atoms with Crippen molar-refractivity contribution in [3.63, 3.8) is 0 Å². The number of hydrogen-bond donors (Lipinski definition) is 1. The van der Waals surface area contributed by atoms with Crippen molar-refractivity contribution in [1.29, 1.82) is 0 Å². The van der Waals surface area contributed by atoms with Gasteiger partial charge in [0.1, 0.15) is 0 Å². The quantitative estimate of drug-likeness (QED) is 0.711. The van der Waals surface area contributed by atoms with E-state index in [-0.39, 0.29) is 17.6 Å². The number of likely N-dealkylation sites (tertiary alicyclic amines) is 1. The standard InChI is InChI=1S/C21H23N5O2/c27-21(24-13-16-3-7-22-8-4-16)20-12-19(25-28-20)18-2-1-11-26(15-18)14-17-5-9-23-10-6-17/h3-10,12,18H,1-2,11,13-15H2,(H,24,27). The summed E-state index contributed by atoms with van der Waals surface area (Å²) in [4.78, 5) is 22.8. The fourth-order valence-corrected chi connectivity index (χ4v) is 3.55. The van der Waals surface area contributed by atoms with Gasteiger partial charge < -0.3 is 9.84 Å². The number of amides is 1. The highest BCUT2D eigenvalue weighted by molar-refractivity contribution is 5.91. The third-order valence-corrected chi connectivity index (χ3v) is 5.03. The molecule has 3 aromatic heterocycles. The Morgan fingerprint density at radius 1 is 1.11 bits per heavy atom. The van der Waals surface area contributed by atoms with Crippen LogP contribution in [0.1, 0.15) is 46.1 Å². The summed E-state index contributed by atoms with van der Waals surface area (Å²) in [5, 5.41) is 7.03. The van der Waals surface area contributed by atoms with E-state index in [1.165, 1.54) is 5.56 Å². The lowest BCUT2D eigenvalue weighted by atomic mass is 9.94. The molecular formula is C21H23N5O2. The van der Waals surface area contributed by atoms with Crippen molar-refractivity contribution < 1.29 is 9.32 Å².